The van der Waals surface area contributed by atoms with E-state index in [4.69, 9.17) is 4.98 Å². The highest BCUT2D eigenvalue weighted by atomic mass is 32.2. The second-order valence-corrected chi connectivity index (χ2v) is 11.4. The Bertz CT molecular complexity index is 1240. The molecule has 3 heterocycles. The molecule has 0 bridgehead atoms. The number of hydrogen-bond acceptors (Lipinski definition) is 5. The lowest BCUT2D eigenvalue weighted by Gasteiger charge is -2.21. The molecular weight excluding hydrogens is 470 g/mol. The maximum absolute atomic E-state index is 13.4. The largest absolute Gasteiger partial charge is 0.353 e. The molecule has 1 aliphatic heterocycles. The summed E-state index contributed by atoms with van der Waals surface area (Å²) in [7, 11) is 0. The Morgan fingerprint density at radius 2 is 1.64 bits per heavy atom. The van der Waals surface area contributed by atoms with Gasteiger partial charge in [-0.3, -0.25) is 14.2 Å². The van der Waals surface area contributed by atoms with E-state index in [-0.39, 0.29) is 23.6 Å². The summed E-state index contributed by atoms with van der Waals surface area (Å²) in [4.78, 5) is 31.3. The average molecular weight is 508 g/mol. The molecule has 36 heavy (non-hydrogen) atoms. The van der Waals surface area contributed by atoms with E-state index in [2.05, 4.69) is 10.4 Å². The normalized spacial score (nSPS) is 20.0. The smallest absolute Gasteiger partial charge is 0.265 e. The Kier molecular flexibility index (Phi) is 8.09. The zero-order valence-electron chi connectivity index (χ0n) is 21.2. The number of aromatic nitrogens is 4. The number of carbonyl (C=O) groups is 1. The van der Waals surface area contributed by atoms with Gasteiger partial charge < -0.3 is 5.32 Å². The van der Waals surface area contributed by atoms with Crippen LogP contribution in [0.25, 0.3) is 16.7 Å². The third kappa shape index (κ3) is 5.69. The van der Waals surface area contributed by atoms with E-state index in [1.54, 1.807) is 27.2 Å². The van der Waals surface area contributed by atoms with Gasteiger partial charge in [-0.15, -0.1) is 0 Å². The minimum absolute atomic E-state index is 0.0490. The van der Waals surface area contributed by atoms with Crippen molar-refractivity contribution in [1.82, 2.24) is 24.6 Å². The van der Waals surface area contributed by atoms with Gasteiger partial charge in [0.25, 0.3) is 5.56 Å². The van der Waals surface area contributed by atoms with Crippen LogP contribution in [0.5, 0.6) is 0 Å². The quantitative estimate of drug-likeness (QED) is 0.457. The predicted molar refractivity (Wildman–Crippen MR) is 145 cm³/mol. The molecule has 1 aliphatic carbocycles. The number of nitrogens with one attached hydrogen (secondary N) is 1. The van der Waals surface area contributed by atoms with Gasteiger partial charge in [-0.1, -0.05) is 87.2 Å². The molecule has 1 N–H and O–H groups in total. The van der Waals surface area contributed by atoms with E-state index in [1.165, 1.54) is 57.8 Å². The molecule has 0 radical (unpaired) electrons. The summed E-state index contributed by atoms with van der Waals surface area (Å²) in [5.41, 5.74) is 2.50. The molecule has 1 atom stereocenters. The van der Waals surface area contributed by atoms with Crippen LogP contribution in [-0.2, 0) is 4.79 Å². The molecule has 7 nitrogen and oxygen atoms in total. The van der Waals surface area contributed by atoms with Gasteiger partial charge in [-0.2, -0.15) is 5.10 Å². The van der Waals surface area contributed by atoms with E-state index in [1.807, 2.05) is 31.2 Å². The van der Waals surface area contributed by atoms with Crippen LogP contribution in [-0.4, -0.2) is 37.0 Å². The second kappa shape index (κ2) is 11.6. The third-order valence-electron chi connectivity index (χ3n) is 7.54. The second-order valence-electron chi connectivity index (χ2n) is 10.4. The summed E-state index contributed by atoms with van der Waals surface area (Å²) in [6.07, 6.45) is 15.6. The van der Waals surface area contributed by atoms with E-state index >= 15 is 0 Å². The van der Waals surface area contributed by atoms with Crippen molar-refractivity contribution in [3.63, 3.8) is 0 Å². The Labute approximate surface area is 217 Å². The number of rotatable bonds is 4. The minimum atomic E-state index is -0.177. The molecular formula is C28H37N5O2S. The fourth-order valence-corrected chi connectivity index (χ4v) is 6.59. The highest BCUT2D eigenvalue weighted by Gasteiger charge is 2.30. The molecule has 2 aliphatic rings. The first-order valence-corrected chi connectivity index (χ1v) is 14.6. The molecule has 1 saturated carbocycles. The standard InChI is InChI=1S/C28H37N5O2S/c1-20-13-15-22(16-14-20)33-26-24(18-29-33)27(35)32-23(19-36-28(32)31-26)17-25(34)30-21-11-9-7-5-3-2-4-6-8-10-12-21/h13-16,18,21,23H,2-12,17,19H2,1H3,(H,30,34). The first-order chi connectivity index (χ1) is 17.6. The zero-order chi connectivity index (χ0) is 24.9. The molecule has 2 aromatic heterocycles. The topological polar surface area (TPSA) is 81.8 Å². The number of amides is 1. The molecule has 1 aromatic carbocycles. The highest BCUT2D eigenvalue weighted by molar-refractivity contribution is 7.99. The first kappa shape index (κ1) is 25.1. The predicted octanol–water partition coefficient (Wildman–Crippen LogP) is 5.72. The van der Waals surface area contributed by atoms with Crippen LogP contribution in [0.15, 0.2) is 40.4 Å². The first-order valence-electron chi connectivity index (χ1n) is 13.6. The van der Waals surface area contributed by atoms with Crippen molar-refractivity contribution in [1.29, 1.82) is 0 Å². The lowest BCUT2D eigenvalue weighted by Crippen LogP contribution is -2.37. The molecule has 3 aromatic rings. The molecule has 1 fully saturated rings. The summed E-state index contributed by atoms with van der Waals surface area (Å²) in [6.45, 7) is 2.04. The van der Waals surface area contributed by atoms with Gasteiger partial charge >= 0.3 is 0 Å². The summed E-state index contributed by atoms with van der Waals surface area (Å²) in [5.74, 6) is 0.734. The highest BCUT2D eigenvalue weighted by Crippen LogP contribution is 2.33. The molecule has 0 spiro atoms. The summed E-state index contributed by atoms with van der Waals surface area (Å²) >= 11 is 1.55. The van der Waals surface area contributed by atoms with Crippen molar-refractivity contribution in [2.75, 3.05) is 5.75 Å². The van der Waals surface area contributed by atoms with Crippen LogP contribution in [0.1, 0.15) is 88.7 Å². The van der Waals surface area contributed by atoms with Gasteiger partial charge in [0.1, 0.15) is 5.39 Å². The molecule has 0 saturated heterocycles. The molecule has 192 valence electrons. The van der Waals surface area contributed by atoms with Crippen molar-refractivity contribution in [3.8, 4) is 5.69 Å². The molecule has 1 amide bonds. The minimum Gasteiger partial charge on any atom is -0.353 e. The molecule has 5 rings (SSSR count). The lowest BCUT2D eigenvalue weighted by atomic mass is 9.97. The zero-order valence-corrected chi connectivity index (χ0v) is 22.1. The Hall–Kier alpha value is -2.61. The third-order valence-corrected chi connectivity index (χ3v) is 8.64. The van der Waals surface area contributed by atoms with E-state index < -0.39 is 0 Å². The SMILES string of the molecule is Cc1ccc(-n2ncc3c(=O)n4c(nc32)SCC4CC(=O)NC2CCCCCCCCCCC2)cc1. The van der Waals surface area contributed by atoms with Crippen molar-refractivity contribution in [3.05, 3.63) is 46.4 Å². The lowest BCUT2D eigenvalue weighted by molar-refractivity contribution is -0.122. The van der Waals surface area contributed by atoms with Crippen LogP contribution in [0.3, 0.4) is 0 Å². The maximum atomic E-state index is 13.4. The molecule has 1 unspecified atom stereocenters. The van der Waals surface area contributed by atoms with Crippen LogP contribution in [0.4, 0.5) is 0 Å². The van der Waals surface area contributed by atoms with E-state index in [0.717, 1.165) is 24.1 Å². The van der Waals surface area contributed by atoms with Gasteiger partial charge in [0.15, 0.2) is 10.8 Å². The van der Waals surface area contributed by atoms with Gasteiger partial charge in [-0.25, -0.2) is 9.67 Å². The Balaban J connectivity index is 1.29. The van der Waals surface area contributed by atoms with Crippen LogP contribution in [0, 0.1) is 6.92 Å². The van der Waals surface area contributed by atoms with Crippen molar-refractivity contribution in [2.24, 2.45) is 0 Å². The van der Waals surface area contributed by atoms with E-state index in [9.17, 15) is 9.59 Å². The van der Waals surface area contributed by atoms with Crippen molar-refractivity contribution >= 4 is 28.7 Å². The number of nitrogens with zero attached hydrogens (tertiary/aromatic N) is 4. The monoisotopic (exact) mass is 507 g/mol. The number of benzene rings is 1. The van der Waals surface area contributed by atoms with Crippen molar-refractivity contribution < 1.29 is 4.79 Å². The number of hydrogen-bond donors (Lipinski definition) is 1. The van der Waals surface area contributed by atoms with Crippen LogP contribution < -0.4 is 10.9 Å². The maximum Gasteiger partial charge on any atom is 0.265 e. The van der Waals surface area contributed by atoms with Gasteiger partial charge in [0.2, 0.25) is 5.91 Å². The van der Waals surface area contributed by atoms with Crippen LogP contribution in [0.2, 0.25) is 0 Å². The number of thioether (sulfide) groups is 1. The summed E-state index contributed by atoms with van der Waals surface area (Å²) in [5, 5.41) is 8.93. The van der Waals surface area contributed by atoms with Gasteiger partial charge in [0, 0.05) is 18.2 Å². The average Bonchev–Trinajstić information content (AvgIpc) is 3.46. The molecule has 8 heteroatoms. The van der Waals surface area contributed by atoms with Gasteiger partial charge in [-0.05, 0) is 31.9 Å². The summed E-state index contributed by atoms with van der Waals surface area (Å²) in [6, 6.07) is 8.08. The fraction of sp³-hybridized carbons (Fsp3) is 0.571. The van der Waals surface area contributed by atoms with Gasteiger partial charge in [0.05, 0.1) is 17.9 Å². The number of fused-ring (bicyclic) bond motifs is 2. The number of carbonyl (C=O) groups excluding carboxylic acids is 1. The van der Waals surface area contributed by atoms with E-state index in [0.29, 0.717) is 28.4 Å². The summed E-state index contributed by atoms with van der Waals surface area (Å²) < 4.78 is 3.44. The Morgan fingerprint density at radius 1 is 1.00 bits per heavy atom. The fourth-order valence-electron chi connectivity index (χ4n) is 5.46. The Morgan fingerprint density at radius 3 is 2.31 bits per heavy atom. The number of aryl methyl sites for hydroxylation is 1. The van der Waals surface area contributed by atoms with Crippen molar-refractivity contribution in [2.45, 2.75) is 101 Å². The van der Waals surface area contributed by atoms with Crippen LogP contribution >= 0.6 is 11.8 Å².